The summed E-state index contributed by atoms with van der Waals surface area (Å²) in [4.78, 5) is 7.90. The normalized spacial score (nSPS) is 11.1. The minimum absolute atomic E-state index is 0.0692. The van der Waals surface area contributed by atoms with Crippen molar-refractivity contribution in [3.05, 3.63) is 41.6 Å². The zero-order chi connectivity index (χ0) is 16.2. The summed E-state index contributed by atoms with van der Waals surface area (Å²) in [5.41, 5.74) is -0.693. The van der Waals surface area contributed by atoms with Crippen LogP contribution in [-0.2, 0) is 12.7 Å². The first-order valence-electron chi connectivity index (χ1n) is 6.29. The third-order valence-corrected chi connectivity index (χ3v) is 2.90. The van der Waals surface area contributed by atoms with Crippen molar-refractivity contribution >= 4 is 5.95 Å². The third-order valence-electron chi connectivity index (χ3n) is 2.90. The highest BCUT2D eigenvalue weighted by atomic mass is 19.4. The van der Waals surface area contributed by atoms with E-state index in [1.54, 1.807) is 6.07 Å². The molecule has 0 aliphatic carbocycles. The zero-order valence-electron chi connectivity index (χ0n) is 11.9. The van der Waals surface area contributed by atoms with Crippen LogP contribution < -0.4 is 14.8 Å². The fraction of sp³-hybridized carbons (Fsp3) is 0.286. The molecule has 1 N–H and O–H groups in total. The van der Waals surface area contributed by atoms with E-state index in [0.29, 0.717) is 5.88 Å². The van der Waals surface area contributed by atoms with E-state index in [4.69, 9.17) is 9.47 Å². The second-order valence-corrected chi connectivity index (χ2v) is 4.30. The summed E-state index contributed by atoms with van der Waals surface area (Å²) >= 11 is 0. The van der Waals surface area contributed by atoms with Gasteiger partial charge in [0.1, 0.15) is 5.75 Å². The number of hydrogen-bond acceptors (Lipinski definition) is 5. The Morgan fingerprint density at radius 1 is 1.14 bits per heavy atom. The number of nitrogens with one attached hydrogen (secondary N) is 1. The van der Waals surface area contributed by atoms with Gasteiger partial charge in [-0.2, -0.15) is 18.2 Å². The van der Waals surface area contributed by atoms with Crippen molar-refractivity contribution in [2.45, 2.75) is 12.7 Å². The number of hydrogen-bond donors (Lipinski definition) is 1. The summed E-state index contributed by atoms with van der Waals surface area (Å²) in [6.45, 7) is -0.0774. The fourth-order valence-electron chi connectivity index (χ4n) is 1.82. The molecule has 0 fully saturated rings. The summed E-state index contributed by atoms with van der Waals surface area (Å²) in [6, 6.07) is 5.33. The van der Waals surface area contributed by atoms with E-state index in [1.807, 2.05) is 0 Å². The van der Waals surface area contributed by atoms with Crippen molar-refractivity contribution < 1.29 is 22.6 Å². The molecule has 1 heterocycles. The van der Waals surface area contributed by atoms with Crippen LogP contribution in [0, 0.1) is 0 Å². The van der Waals surface area contributed by atoms with Crippen LogP contribution >= 0.6 is 0 Å². The summed E-state index contributed by atoms with van der Waals surface area (Å²) in [5, 5.41) is 2.74. The van der Waals surface area contributed by atoms with Crippen molar-refractivity contribution in [1.82, 2.24) is 9.97 Å². The molecule has 8 heteroatoms. The Morgan fingerprint density at radius 2 is 1.91 bits per heavy atom. The maximum Gasteiger partial charge on any atom is 0.416 e. The molecule has 2 aromatic rings. The minimum Gasteiger partial charge on any atom is -0.497 e. The Kier molecular flexibility index (Phi) is 4.69. The average Bonchev–Trinajstić information content (AvgIpc) is 2.52. The Balaban J connectivity index is 2.21. The molecule has 0 bridgehead atoms. The molecule has 0 radical (unpaired) electrons. The minimum atomic E-state index is -4.47. The van der Waals surface area contributed by atoms with Gasteiger partial charge in [0, 0.05) is 18.8 Å². The Bertz CT molecular complexity index is 647. The van der Waals surface area contributed by atoms with Crippen LogP contribution in [0.2, 0.25) is 0 Å². The highest BCUT2D eigenvalue weighted by Gasteiger charge is 2.33. The molecule has 0 aliphatic heterocycles. The standard InChI is InChI=1S/C14H14F3N3O2/c1-21-10-4-3-9(11(7-10)14(15,16)17)8-19-13-18-6-5-12(20-13)22-2/h3-7H,8H2,1-2H3,(H,18,19,20). The van der Waals surface area contributed by atoms with Gasteiger partial charge in [-0.25, -0.2) is 4.98 Å². The summed E-state index contributed by atoms with van der Waals surface area (Å²) in [6.07, 6.45) is -3.02. The largest absolute Gasteiger partial charge is 0.497 e. The predicted octanol–water partition coefficient (Wildman–Crippen LogP) is 3.12. The van der Waals surface area contributed by atoms with Gasteiger partial charge in [0.2, 0.25) is 11.8 Å². The van der Waals surface area contributed by atoms with Gasteiger partial charge in [-0.1, -0.05) is 6.07 Å². The van der Waals surface area contributed by atoms with Crippen LogP contribution in [0.25, 0.3) is 0 Å². The van der Waals surface area contributed by atoms with E-state index in [-0.39, 0.29) is 23.8 Å². The van der Waals surface area contributed by atoms with Crippen molar-refractivity contribution in [1.29, 1.82) is 0 Å². The van der Waals surface area contributed by atoms with Gasteiger partial charge in [0.05, 0.1) is 19.8 Å². The molecular formula is C14H14F3N3O2. The number of benzene rings is 1. The van der Waals surface area contributed by atoms with Gasteiger partial charge in [-0.3, -0.25) is 0 Å². The molecule has 22 heavy (non-hydrogen) atoms. The maximum atomic E-state index is 13.1. The smallest absolute Gasteiger partial charge is 0.416 e. The van der Waals surface area contributed by atoms with E-state index < -0.39 is 11.7 Å². The zero-order valence-corrected chi connectivity index (χ0v) is 11.9. The van der Waals surface area contributed by atoms with E-state index in [2.05, 4.69) is 15.3 Å². The Hall–Kier alpha value is -2.51. The van der Waals surface area contributed by atoms with Crippen molar-refractivity contribution in [3.63, 3.8) is 0 Å². The van der Waals surface area contributed by atoms with Crippen molar-refractivity contribution in [2.75, 3.05) is 19.5 Å². The van der Waals surface area contributed by atoms with Crippen LogP contribution in [0.1, 0.15) is 11.1 Å². The lowest BCUT2D eigenvalue weighted by Crippen LogP contribution is -2.13. The van der Waals surface area contributed by atoms with E-state index in [0.717, 1.165) is 6.07 Å². The molecule has 118 valence electrons. The summed E-state index contributed by atoms with van der Waals surface area (Å²) < 4.78 is 49.0. The molecule has 1 aromatic heterocycles. The molecule has 0 unspecified atom stereocenters. The van der Waals surface area contributed by atoms with Gasteiger partial charge < -0.3 is 14.8 Å². The first kappa shape index (κ1) is 15.9. The van der Waals surface area contributed by atoms with Gasteiger partial charge in [0.25, 0.3) is 0 Å². The SMILES string of the molecule is COc1ccc(CNc2nccc(OC)n2)c(C(F)(F)F)c1. The second kappa shape index (κ2) is 6.50. The van der Waals surface area contributed by atoms with Gasteiger partial charge in [-0.15, -0.1) is 0 Å². The van der Waals surface area contributed by atoms with Crippen LogP contribution in [0.5, 0.6) is 11.6 Å². The molecule has 5 nitrogen and oxygen atoms in total. The summed E-state index contributed by atoms with van der Waals surface area (Å²) in [7, 11) is 2.76. The quantitative estimate of drug-likeness (QED) is 0.919. The number of anilines is 1. The van der Waals surface area contributed by atoms with Crippen LogP contribution in [0.3, 0.4) is 0 Å². The topological polar surface area (TPSA) is 56.3 Å². The Morgan fingerprint density at radius 3 is 2.55 bits per heavy atom. The molecule has 0 aliphatic rings. The number of rotatable bonds is 5. The molecule has 0 atom stereocenters. The van der Waals surface area contributed by atoms with E-state index >= 15 is 0 Å². The molecule has 0 saturated carbocycles. The van der Waals surface area contributed by atoms with Crippen molar-refractivity contribution in [3.8, 4) is 11.6 Å². The number of halogens is 3. The van der Waals surface area contributed by atoms with Crippen LogP contribution in [0.15, 0.2) is 30.5 Å². The van der Waals surface area contributed by atoms with Crippen LogP contribution in [-0.4, -0.2) is 24.2 Å². The molecule has 2 rings (SSSR count). The van der Waals surface area contributed by atoms with Crippen molar-refractivity contribution in [2.24, 2.45) is 0 Å². The number of ether oxygens (including phenoxy) is 2. The number of methoxy groups -OCH3 is 2. The van der Waals surface area contributed by atoms with Gasteiger partial charge in [-0.05, 0) is 17.7 Å². The van der Waals surface area contributed by atoms with Gasteiger partial charge in [0.15, 0.2) is 0 Å². The monoisotopic (exact) mass is 313 g/mol. The second-order valence-electron chi connectivity index (χ2n) is 4.30. The lowest BCUT2D eigenvalue weighted by atomic mass is 10.1. The molecule has 0 amide bonds. The first-order chi connectivity index (χ1) is 10.4. The summed E-state index contributed by atoms with van der Waals surface area (Å²) in [5.74, 6) is 0.653. The van der Waals surface area contributed by atoms with Gasteiger partial charge >= 0.3 is 6.18 Å². The lowest BCUT2D eigenvalue weighted by Gasteiger charge is -2.15. The first-order valence-corrected chi connectivity index (χ1v) is 6.29. The number of nitrogens with zero attached hydrogens (tertiary/aromatic N) is 2. The lowest BCUT2D eigenvalue weighted by molar-refractivity contribution is -0.138. The number of aromatic nitrogens is 2. The van der Waals surface area contributed by atoms with Crippen LogP contribution in [0.4, 0.5) is 19.1 Å². The highest BCUT2D eigenvalue weighted by Crippen LogP contribution is 2.34. The molecular weight excluding hydrogens is 299 g/mol. The molecule has 0 spiro atoms. The van der Waals surface area contributed by atoms with E-state index in [1.165, 1.54) is 32.5 Å². The average molecular weight is 313 g/mol. The predicted molar refractivity (Wildman–Crippen MR) is 73.9 cm³/mol. The van der Waals surface area contributed by atoms with E-state index in [9.17, 15) is 13.2 Å². The fourth-order valence-corrected chi connectivity index (χ4v) is 1.82. The maximum absolute atomic E-state index is 13.1. The molecule has 1 aromatic carbocycles. The highest BCUT2D eigenvalue weighted by molar-refractivity contribution is 5.40. The number of alkyl halides is 3. The third kappa shape index (κ3) is 3.78. The Labute approximate surface area is 125 Å². The molecule has 0 saturated heterocycles.